The zero-order chi connectivity index (χ0) is 17.9. The van der Waals surface area contributed by atoms with E-state index < -0.39 is 0 Å². The third kappa shape index (κ3) is 3.73. The summed E-state index contributed by atoms with van der Waals surface area (Å²) in [6.45, 7) is 6.41. The molecule has 26 heavy (non-hydrogen) atoms. The molecule has 1 aliphatic heterocycles. The molecule has 3 aromatic rings. The van der Waals surface area contributed by atoms with E-state index in [0.29, 0.717) is 5.92 Å². The highest BCUT2D eigenvalue weighted by Gasteiger charge is 2.21. The summed E-state index contributed by atoms with van der Waals surface area (Å²) in [5.74, 6) is 2.41. The number of rotatable bonds is 4. The molecule has 2 aromatic carbocycles. The lowest BCUT2D eigenvalue weighted by Crippen LogP contribution is -2.28. The summed E-state index contributed by atoms with van der Waals surface area (Å²) >= 11 is 0. The minimum Gasteiger partial charge on any atom is -0.440 e. The molecule has 1 aromatic heterocycles. The van der Waals surface area contributed by atoms with Crippen molar-refractivity contribution in [3.05, 3.63) is 65.5 Å². The molecule has 0 bridgehead atoms. The number of piperidine rings is 1. The monoisotopic (exact) mass is 346 g/mol. The predicted molar refractivity (Wildman–Crippen MR) is 106 cm³/mol. The van der Waals surface area contributed by atoms with E-state index in [-0.39, 0.29) is 0 Å². The van der Waals surface area contributed by atoms with Crippen molar-refractivity contribution in [1.29, 1.82) is 0 Å². The van der Waals surface area contributed by atoms with Gasteiger partial charge in [0.2, 0.25) is 0 Å². The normalized spacial score (nSPS) is 15.3. The van der Waals surface area contributed by atoms with Crippen LogP contribution < -0.4 is 5.32 Å². The fraction of sp³-hybridized carbons (Fsp3) is 0.348. The SMILES string of the molecule is Cc1ccc(-c2nc(CC3CCNCC3)oc2-c2ccc(C)cc2)cc1. The molecule has 0 radical (unpaired) electrons. The third-order valence-corrected chi connectivity index (χ3v) is 5.23. The molecule has 2 heterocycles. The maximum Gasteiger partial charge on any atom is 0.195 e. The van der Waals surface area contributed by atoms with Crippen LogP contribution in [0, 0.1) is 19.8 Å². The van der Waals surface area contributed by atoms with Crippen molar-refractivity contribution in [2.75, 3.05) is 13.1 Å². The number of nitrogens with zero attached hydrogens (tertiary/aromatic N) is 1. The van der Waals surface area contributed by atoms with Gasteiger partial charge in [0.25, 0.3) is 0 Å². The molecule has 0 spiro atoms. The molecule has 1 N–H and O–H groups in total. The van der Waals surface area contributed by atoms with Gasteiger partial charge in [-0.3, -0.25) is 0 Å². The van der Waals surface area contributed by atoms with E-state index in [4.69, 9.17) is 9.40 Å². The highest BCUT2D eigenvalue weighted by atomic mass is 16.4. The lowest BCUT2D eigenvalue weighted by molar-refractivity contribution is 0.343. The number of hydrogen-bond acceptors (Lipinski definition) is 3. The molecule has 4 rings (SSSR count). The maximum atomic E-state index is 6.30. The summed E-state index contributed by atoms with van der Waals surface area (Å²) in [5.41, 5.74) is 5.67. The number of hydrogen-bond donors (Lipinski definition) is 1. The Morgan fingerprint density at radius 3 is 2.08 bits per heavy atom. The standard InChI is InChI=1S/C23H26N2O/c1-16-3-7-19(8-4-16)22-23(20-9-5-17(2)6-10-20)26-21(25-22)15-18-11-13-24-14-12-18/h3-10,18,24H,11-15H2,1-2H3. The lowest BCUT2D eigenvalue weighted by atomic mass is 9.95. The number of aromatic nitrogens is 1. The number of oxazole rings is 1. The van der Waals surface area contributed by atoms with Crippen LogP contribution in [0.3, 0.4) is 0 Å². The molecule has 1 fully saturated rings. The van der Waals surface area contributed by atoms with Crippen molar-refractivity contribution in [3.63, 3.8) is 0 Å². The Morgan fingerprint density at radius 2 is 1.46 bits per heavy atom. The molecular weight excluding hydrogens is 320 g/mol. The smallest absolute Gasteiger partial charge is 0.195 e. The van der Waals surface area contributed by atoms with E-state index in [1.807, 2.05) is 0 Å². The Hall–Kier alpha value is -2.39. The van der Waals surface area contributed by atoms with Crippen LogP contribution in [0.5, 0.6) is 0 Å². The topological polar surface area (TPSA) is 38.1 Å². The maximum absolute atomic E-state index is 6.30. The van der Waals surface area contributed by atoms with E-state index in [1.165, 1.54) is 24.0 Å². The molecule has 1 saturated heterocycles. The van der Waals surface area contributed by atoms with Crippen LogP contribution in [0.1, 0.15) is 29.9 Å². The molecule has 0 aliphatic carbocycles. The van der Waals surface area contributed by atoms with Gasteiger partial charge >= 0.3 is 0 Å². The zero-order valence-electron chi connectivity index (χ0n) is 15.6. The summed E-state index contributed by atoms with van der Waals surface area (Å²) in [7, 11) is 0. The van der Waals surface area contributed by atoms with Crippen molar-refractivity contribution >= 4 is 0 Å². The minimum absolute atomic E-state index is 0.659. The minimum atomic E-state index is 0.659. The molecule has 0 amide bonds. The second kappa shape index (κ2) is 7.46. The average molecular weight is 346 g/mol. The van der Waals surface area contributed by atoms with Crippen molar-refractivity contribution in [2.45, 2.75) is 33.1 Å². The van der Waals surface area contributed by atoms with Crippen LogP contribution in [0.4, 0.5) is 0 Å². The largest absolute Gasteiger partial charge is 0.440 e. The summed E-state index contributed by atoms with van der Waals surface area (Å²) < 4.78 is 6.30. The Morgan fingerprint density at radius 1 is 0.885 bits per heavy atom. The van der Waals surface area contributed by atoms with Gasteiger partial charge in [-0.2, -0.15) is 0 Å². The third-order valence-electron chi connectivity index (χ3n) is 5.23. The summed E-state index contributed by atoms with van der Waals surface area (Å²) in [4.78, 5) is 4.92. The van der Waals surface area contributed by atoms with Crippen LogP contribution in [0.2, 0.25) is 0 Å². The van der Waals surface area contributed by atoms with Crippen molar-refractivity contribution < 1.29 is 4.42 Å². The quantitative estimate of drug-likeness (QED) is 0.708. The van der Waals surface area contributed by atoms with Gasteiger partial charge in [-0.1, -0.05) is 59.7 Å². The van der Waals surface area contributed by atoms with Crippen molar-refractivity contribution in [2.24, 2.45) is 5.92 Å². The van der Waals surface area contributed by atoms with Crippen molar-refractivity contribution in [1.82, 2.24) is 10.3 Å². The van der Waals surface area contributed by atoms with Gasteiger partial charge in [-0.25, -0.2) is 4.98 Å². The number of benzene rings is 2. The summed E-state index contributed by atoms with van der Waals surface area (Å²) in [5, 5.41) is 3.43. The van der Waals surface area contributed by atoms with Gasteiger partial charge in [0.1, 0.15) is 5.69 Å². The lowest BCUT2D eigenvalue weighted by Gasteiger charge is -2.20. The van der Waals surface area contributed by atoms with Crippen LogP contribution in [0.15, 0.2) is 52.9 Å². The number of nitrogens with one attached hydrogen (secondary N) is 1. The van der Waals surface area contributed by atoms with E-state index in [1.54, 1.807) is 0 Å². The first-order valence-electron chi connectivity index (χ1n) is 9.53. The van der Waals surface area contributed by atoms with E-state index in [9.17, 15) is 0 Å². The van der Waals surface area contributed by atoms with Crippen LogP contribution in [-0.2, 0) is 6.42 Å². The summed E-state index contributed by atoms with van der Waals surface area (Å²) in [6.07, 6.45) is 3.32. The van der Waals surface area contributed by atoms with Gasteiger partial charge in [0.05, 0.1) is 0 Å². The van der Waals surface area contributed by atoms with E-state index in [0.717, 1.165) is 48.0 Å². The molecular formula is C23H26N2O. The fourth-order valence-electron chi connectivity index (χ4n) is 3.59. The van der Waals surface area contributed by atoms with Gasteiger partial charge in [-0.15, -0.1) is 0 Å². The second-order valence-corrected chi connectivity index (χ2v) is 7.41. The van der Waals surface area contributed by atoms with E-state index in [2.05, 4.69) is 67.7 Å². The highest BCUT2D eigenvalue weighted by Crippen LogP contribution is 2.34. The zero-order valence-corrected chi connectivity index (χ0v) is 15.6. The number of aryl methyl sites for hydroxylation is 2. The Balaban J connectivity index is 1.71. The molecule has 134 valence electrons. The first kappa shape index (κ1) is 17.0. The van der Waals surface area contributed by atoms with Gasteiger partial charge in [0.15, 0.2) is 11.7 Å². The average Bonchev–Trinajstić information content (AvgIpc) is 3.07. The molecule has 0 unspecified atom stereocenters. The fourth-order valence-corrected chi connectivity index (χ4v) is 3.59. The predicted octanol–water partition coefficient (Wildman–Crippen LogP) is 5.17. The van der Waals surface area contributed by atoms with Gasteiger partial charge in [-0.05, 0) is 45.7 Å². The van der Waals surface area contributed by atoms with Crippen LogP contribution >= 0.6 is 0 Å². The van der Waals surface area contributed by atoms with Crippen LogP contribution in [0.25, 0.3) is 22.6 Å². The second-order valence-electron chi connectivity index (χ2n) is 7.41. The molecule has 3 heteroatoms. The molecule has 3 nitrogen and oxygen atoms in total. The van der Waals surface area contributed by atoms with Gasteiger partial charge < -0.3 is 9.73 Å². The Kier molecular flexibility index (Phi) is 4.89. The first-order chi connectivity index (χ1) is 12.7. The highest BCUT2D eigenvalue weighted by molar-refractivity contribution is 5.77. The summed E-state index contributed by atoms with van der Waals surface area (Å²) in [6, 6.07) is 17.1. The Labute approximate surface area is 155 Å². The molecule has 0 saturated carbocycles. The molecule has 0 atom stereocenters. The van der Waals surface area contributed by atoms with Crippen molar-refractivity contribution in [3.8, 4) is 22.6 Å². The molecule has 1 aliphatic rings. The Bertz CT molecular complexity index is 793. The first-order valence-corrected chi connectivity index (χ1v) is 9.53. The van der Waals surface area contributed by atoms with E-state index >= 15 is 0 Å². The van der Waals surface area contributed by atoms with Crippen LogP contribution in [-0.4, -0.2) is 18.1 Å². The van der Waals surface area contributed by atoms with Gasteiger partial charge in [0, 0.05) is 17.5 Å².